The fourth-order valence-corrected chi connectivity index (χ4v) is 4.67. The molecule has 1 aliphatic carbocycles. The quantitative estimate of drug-likeness (QED) is 0.542. The summed E-state index contributed by atoms with van der Waals surface area (Å²) in [5.74, 6) is 0.0930. The van der Waals surface area contributed by atoms with Crippen molar-refractivity contribution in [1.82, 2.24) is 9.78 Å². The lowest BCUT2D eigenvalue weighted by Gasteiger charge is -2.28. The molecule has 0 spiro atoms. The van der Waals surface area contributed by atoms with Gasteiger partial charge in [0.05, 0.1) is 18.2 Å². The molecule has 0 radical (unpaired) electrons. The van der Waals surface area contributed by atoms with Gasteiger partial charge < -0.3 is 9.64 Å². The highest BCUT2D eigenvalue weighted by Crippen LogP contribution is 2.49. The van der Waals surface area contributed by atoms with Crippen molar-refractivity contribution < 1.29 is 27.5 Å². The van der Waals surface area contributed by atoms with E-state index in [4.69, 9.17) is 4.74 Å². The van der Waals surface area contributed by atoms with Crippen LogP contribution in [0.4, 0.5) is 18.9 Å². The molecule has 1 fully saturated rings. The van der Waals surface area contributed by atoms with Crippen LogP contribution in [-0.2, 0) is 22.8 Å². The van der Waals surface area contributed by atoms with Gasteiger partial charge in [0.15, 0.2) is 5.69 Å². The number of Topliss-reactive ketones (excluding diaryl/α,β-unsaturated/α-hetero) is 1. The third kappa shape index (κ3) is 3.46. The number of hydrogen-bond acceptors (Lipinski definition) is 4. The summed E-state index contributed by atoms with van der Waals surface area (Å²) in [5.41, 5.74) is 0.108. The lowest BCUT2D eigenvalue weighted by molar-refractivity contribution is -0.142. The molecular weight excluding hydrogens is 447 g/mol. The predicted octanol–water partition coefficient (Wildman–Crippen LogP) is 4.72. The standard InChI is InChI=1S/C25H22F3N3O3/c1-15(32)24(12-13-24)16-3-5-17(6-4-16)30-14-11-20-21(23(30)33)31(29-22(20)25(26,27)28)18-7-9-19(34-2)10-8-18/h3-10H,11-14H2,1-2H3. The van der Waals surface area contributed by atoms with E-state index in [2.05, 4.69) is 5.10 Å². The van der Waals surface area contributed by atoms with Crippen molar-refractivity contribution in [2.45, 2.75) is 37.8 Å². The number of aromatic nitrogens is 2. The van der Waals surface area contributed by atoms with Gasteiger partial charge in [0.25, 0.3) is 5.91 Å². The average Bonchev–Trinajstić information content (AvgIpc) is 3.53. The predicted molar refractivity (Wildman–Crippen MR) is 119 cm³/mol. The largest absolute Gasteiger partial charge is 0.497 e. The number of rotatable bonds is 5. The highest BCUT2D eigenvalue weighted by atomic mass is 19.4. The smallest absolute Gasteiger partial charge is 0.435 e. The van der Waals surface area contributed by atoms with E-state index < -0.39 is 23.2 Å². The third-order valence-electron chi connectivity index (χ3n) is 6.76. The number of benzene rings is 2. The molecule has 34 heavy (non-hydrogen) atoms. The maximum absolute atomic E-state index is 13.7. The minimum atomic E-state index is -4.68. The summed E-state index contributed by atoms with van der Waals surface area (Å²) in [5, 5.41) is 3.81. The fourth-order valence-electron chi connectivity index (χ4n) is 4.67. The first-order chi connectivity index (χ1) is 16.2. The second-order valence-corrected chi connectivity index (χ2v) is 8.68. The zero-order valence-corrected chi connectivity index (χ0v) is 18.6. The van der Waals surface area contributed by atoms with Gasteiger partial charge in [-0.2, -0.15) is 18.3 Å². The molecule has 2 heterocycles. The number of fused-ring (bicyclic) bond motifs is 1. The van der Waals surface area contributed by atoms with E-state index in [1.807, 2.05) is 12.1 Å². The second-order valence-electron chi connectivity index (χ2n) is 8.68. The summed E-state index contributed by atoms with van der Waals surface area (Å²) < 4.78 is 47.4. The van der Waals surface area contributed by atoms with Crippen molar-refractivity contribution in [3.63, 3.8) is 0 Å². The van der Waals surface area contributed by atoms with Gasteiger partial charge in [0.2, 0.25) is 0 Å². The number of anilines is 1. The zero-order valence-electron chi connectivity index (χ0n) is 18.6. The summed E-state index contributed by atoms with van der Waals surface area (Å²) in [6.45, 7) is 1.68. The van der Waals surface area contributed by atoms with Gasteiger partial charge in [-0.1, -0.05) is 12.1 Å². The van der Waals surface area contributed by atoms with E-state index in [0.29, 0.717) is 17.1 Å². The number of ketones is 1. The van der Waals surface area contributed by atoms with Gasteiger partial charge >= 0.3 is 6.18 Å². The molecule has 1 aromatic heterocycles. The SMILES string of the molecule is COc1ccc(-n2nc(C(F)(F)F)c3c2C(=O)N(c2ccc(C4(C(C)=O)CC4)cc2)CC3)cc1. The minimum Gasteiger partial charge on any atom is -0.497 e. The molecule has 1 saturated carbocycles. The summed E-state index contributed by atoms with van der Waals surface area (Å²) >= 11 is 0. The van der Waals surface area contributed by atoms with Crippen molar-refractivity contribution in [3.8, 4) is 11.4 Å². The van der Waals surface area contributed by atoms with Gasteiger partial charge in [-0.05, 0) is 68.1 Å². The van der Waals surface area contributed by atoms with Crippen LogP contribution in [0.25, 0.3) is 5.69 Å². The Balaban J connectivity index is 1.54. The maximum Gasteiger partial charge on any atom is 0.435 e. The lowest BCUT2D eigenvalue weighted by atomic mass is 9.92. The van der Waals surface area contributed by atoms with Crippen molar-refractivity contribution >= 4 is 17.4 Å². The molecule has 1 amide bonds. The molecule has 0 saturated heterocycles. The normalized spacial score (nSPS) is 16.9. The van der Waals surface area contributed by atoms with Gasteiger partial charge in [-0.15, -0.1) is 0 Å². The summed E-state index contributed by atoms with van der Waals surface area (Å²) in [6, 6.07) is 13.5. The van der Waals surface area contributed by atoms with Crippen molar-refractivity contribution in [2.75, 3.05) is 18.6 Å². The van der Waals surface area contributed by atoms with Crippen molar-refractivity contribution in [1.29, 1.82) is 0 Å². The molecule has 5 rings (SSSR count). The Morgan fingerprint density at radius 1 is 1.03 bits per heavy atom. The number of alkyl halides is 3. The van der Waals surface area contributed by atoms with E-state index in [1.165, 1.54) is 12.0 Å². The van der Waals surface area contributed by atoms with Crippen LogP contribution in [0.5, 0.6) is 5.75 Å². The molecule has 2 aliphatic rings. The van der Waals surface area contributed by atoms with E-state index >= 15 is 0 Å². The Morgan fingerprint density at radius 3 is 2.18 bits per heavy atom. The number of methoxy groups -OCH3 is 1. The van der Waals surface area contributed by atoms with Crippen LogP contribution in [0.3, 0.4) is 0 Å². The second kappa shape index (κ2) is 7.72. The maximum atomic E-state index is 13.7. The van der Waals surface area contributed by atoms with Crippen LogP contribution >= 0.6 is 0 Å². The van der Waals surface area contributed by atoms with Crippen LogP contribution in [0.1, 0.15) is 47.1 Å². The molecule has 0 bridgehead atoms. The Labute approximate surface area is 193 Å². The lowest BCUT2D eigenvalue weighted by Crippen LogP contribution is -2.39. The zero-order chi connectivity index (χ0) is 24.3. The van der Waals surface area contributed by atoms with E-state index in [-0.39, 0.29) is 30.0 Å². The van der Waals surface area contributed by atoms with E-state index in [0.717, 1.165) is 23.1 Å². The van der Waals surface area contributed by atoms with Crippen LogP contribution in [0, 0.1) is 0 Å². The van der Waals surface area contributed by atoms with Gasteiger partial charge in [0, 0.05) is 17.8 Å². The monoisotopic (exact) mass is 469 g/mol. The van der Waals surface area contributed by atoms with E-state index in [9.17, 15) is 22.8 Å². The van der Waals surface area contributed by atoms with Gasteiger partial charge in [-0.25, -0.2) is 4.68 Å². The highest BCUT2D eigenvalue weighted by molar-refractivity contribution is 6.07. The summed E-state index contributed by atoms with van der Waals surface area (Å²) in [4.78, 5) is 27.0. The molecule has 176 valence electrons. The Morgan fingerprint density at radius 2 is 1.65 bits per heavy atom. The van der Waals surface area contributed by atoms with E-state index in [1.54, 1.807) is 43.3 Å². The van der Waals surface area contributed by atoms with Crippen LogP contribution < -0.4 is 9.64 Å². The third-order valence-corrected chi connectivity index (χ3v) is 6.76. The van der Waals surface area contributed by atoms with Crippen molar-refractivity contribution in [2.24, 2.45) is 0 Å². The van der Waals surface area contributed by atoms with Crippen molar-refractivity contribution in [3.05, 3.63) is 71.0 Å². The Kier molecular flexibility index (Phi) is 5.03. The highest BCUT2D eigenvalue weighted by Gasteiger charge is 2.49. The van der Waals surface area contributed by atoms with Crippen LogP contribution in [0.15, 0.2) is 48.5 Å². The molecule has 9 heteroatoms. The topological polar surface area (TPSA) is 64.4 Å². The molecule has 0 N–H and O–H groups in total. The number of amides is 1. The van der Waals surface area contributed by atoms with Crippen LogP contribution in [-0.4, -0.2) is 35.1 Å². The molecule has 2 aromatic carbocycles. The number of carbonyl (C=O) groups excluding carboxylic acids is 2. The summed E-state index contributed by atoms with van der Waals surface area (Å²) in [7, 11) is 1.49. The number of carbonyl (C=O) groups is 2. The summed E-state index contributed by atoms with van der Waals surface area (Å²) in [6.07, 6.45) is -3.06. The Hall–Kier alpha value is -3.62. The van der Waals surface area contributed by atoms with Gasteiger partial charge in [-0.3, -0.25) is 9.59 Å². The molecule has 0 atom stereocenters. The number of halogens is 3. The average molecular weight is 469 g/mol. The van der Waals surface area contributed by atoms with Crippen LogP contribution in [0.2, 0.25) is 0 Å². The number of nitrogens with zero attached hydrogens (tertiary/aromatic N) is 3. The Bertz CT molecular complexity index is 1270. The first kappa shape index (κ1) is 22.2. The minimum absolute atomic E-state index is 0.0191. The molecular formula is C25H22F3N3O3. The first-order valence-corrected chi connectivity index (χ1v) is 10.9. The van der Waals surface area contributed by atoms with Gasteiger partial charge in [0.1, 0.15) is 17.2 Å². The fraction of sp³-hybridized carbons (Fsp3) is 0.320. The molecule has 0 unspecified atom stereocenters. The molecule has 6 nitrogen and oxygen atoms in total. The first-order valence-electron chi connectivity index (χ1n) is 10.9. The molecule has 1 aliphatic heterocycles. The molecule has 3 aromatic rings. The number of ether oxygens (including phenoxy) is 1. The number of hydrogen-bond donors (Lipinski definition) is 0.